The molecule has 0 heterocycles. The molecule has 0 spiro atoms. The summed E-state index contributed by atoms with van der Waals surface area (Å²) in [7, 11) is 1.91. The van der Waals surface area contributed by atoms with Gasteiger partial charge in [0.15, 0.2) is 0 Å². The van der Waals surface area contributed by atoms with Crippen LogP contribution in [0.1, 0.15) is 115 Å². The summed E-state index contributed by atoms with van der Waals surface area (Å²) in [6, 6.07) is 0. The molecule has 1 nitrogen and oxygen atoms in total. The highest BCUT2D eigenvalue weighted by atomic mass is 32.2. The SMILES string of the molecule is CC.CC.CC.CCC.CCCC/C=C(/C)C(=NC)/C(=C/CCSC)CC. The van der Waals surface area contributed by atoms with Gasteiger partial charge in [0, 0.05) is 7.05 Å². The summed E-state index contributed by atoms with van der Waals surface area (Å²) >= 11 is 1.90. The molecule has 0 aromatic carbocycles. The summed E-state index contributed by atoms with van der Waals surface area (Å²) < 4.78 is 0. The molecule has 2 heteroatoms. The Morgan fingerprint density at radius 3 is 1.67 bits per heavy atom. The van der Waals surface area contributed by atoms with Gasteiger partial charge in [0.25, 0.3) is 0 Å². The van der Waals surface area contributed by atoms with Crippen LogP contribution in [-0.4, -0.2) is 24.8 Å². The highest BCUT2D eigenvalue weighted by Crippen LogP contribution is 2.14. The monoisotopic (exact) mass is 401 g/mol. The smallest absolute Gasteiger partial charge is 0.0625 e. The summed E-state index contributed by atoms with van der Waals surface area (Å²) in [4.78, 5) is 4.49. The number of allylic oxidation sites excluding steroid dienone is 4. The minimum atomic E-state index is 1.07. The highest BCUT2D eigenvalue weighted by molar-refractivity contribution is 7.98. The normalized spacial score (nSPS) is 10.8. The van der Waals surface area contributed by atoms with Gasteiger partial charge >= 0.3 is 0 Å². The third-order valence-electron chi connectivity index (χ3n) is 3.00. The van der Waals surface area contributed by atoms with Gasteiger partial charge in [-0.15, -0.1) is 0 Å². The standard InChI is InChI=1S/C16H29NS.C3H8.3C2H6/c1-6-8-9-11-14(3)16(17-4)15(7-2)12-10-13-18-5;1-3-2;3*1-2/h11-12H,6-10,13H2,1-5H3;3H2,1-2H3;3*1-2H3/b14-11-,15-12+,17-16?;;;;. The number of unbranched alkanes of at least 4 members (excludes halogenated alkanes) is 2. The average Bonchev–Trinajstić information content (AvgIpc) is 2.72. The molecule has 0 unspecified atom stereocenters. The minimum absolute atomic E-state index is 1.07. The quantitative estimate of drug-likeness (QED) is 0.276. The van der Waals surface area contributed by atoms with Crippen molar-refractivity contribution < 1.29 is 0 Å². The topological polar surface area (TPSA) is 12.4 Å². The van der Waals surface area contributed by atoms with E-state index in [1.165, 1.54) is 48.3 Å². The van der Waals surface area contributed by atoms with Crippen LogP contribution in [0.3, 0.4) is 0 Å². The minimum Gasteiger partial charge on any atom is -0.288 e. The molecule has 0 aliphatic heterocycles. The number of nitrogens with zero attached hydrogens (tertiary/aromatic N) is 1. The van der Waals surface area contributed by atoms with Crippen molar-refractivity contribution in [1.29, 1.82) is 0 Å². The van der Waals surface area contributed by atoms with E-state index in [4.69, 9.17) is 0 Å². The zero-order valence-corrected chi connectivity index (χ0v) is 22.3. The summed E-state index contributed by atoms with van der Waals surface area (Å²) in [5.74, 6) is 1.19. The van der Waals surface area contributed by atoms with Gasteiger partial charge in [0.2, 0.25) is 0 Å². The fourth-order valence-electron chi connectivity index (χ4n) is 1.95. The molecule has 0 fully saturated rings. The van der Waals surface area contributed by atoms with E-state index in [2.05, 4.69) is 58.0 Å². The maximum Gasteiger partial charge on any atom is 0.0625 e. The molecule has 0 aromatic rings. The Balaban J connectivity index is -0.000000153. The van der Waals surface area contributed by atoms with Crippen molar-refractivity contribution >= 4 is 17.5 Å². The third-order valence-corrected chi connectivity index (χ3v) is 3.65. The second-order valence-corrected chi connectivity index (χ2v) is 6.16. The van der Waals surface area contributed by atoms with Crippen LogP contribution in [0.4, 0.5) is 0 Å². The average molecular weight is 402 g/mol. The van der Waals surface area contributed by atoms with Crippen LogP contribution in [0, 0.1) is 0 Å². The van der Waals surface area contributed by atoms with Gasteiger partial charge in [-0.25, -0.2) is 0 Å². The van der Waals surface area contributed by atoms with Crippen LogP contribution in [-0.2, 0) is 0 Å². The predicted molar refractivity (Wildman–Crippen MR) is 138 cm³/mol. The highest BCUT2D eigenvalue weighted by Gasteiger charge is 2.06. The van der Waals surface area contributed by atoms with Crippen molar-refractivity contribution in [1.82, 2.24) is 0 Å². The largest absolute Gasteiger partial charge is 0.288 e. The molecule has 0 rings (SSSR count). The zero-order chi connectivity index (χ0) is 22.5. The molecule has 27 heavy (non-hydrogen) atoms. The van der Waals surface area contributed by atoms with Crippen LogP contribution in [0.25, 0.3) is 0 Å². The van der Waals surface area contributed by atoms with E-state index in [0.717, 1.165) is 12.8 Å². The van der Waals surface area contributed by atoms with Crippen molar-refractivity contribution in [3.8, 4) is 0 Å². The first-order valence-corrected chi connectivity index (χ1v) is 12.8. The Morgan fingerprint density at radius 2 is 1.33 bits per heavy atom. The maximum atomic E-state index is 4.49. The fourth-order valence-corrected chi connectivity index (χ4v) is 2.31. The first-order chi connectivity index (χ1) is 13.1. The molecule has 0 N–H and O–H groups in total. The molecule has 0 saturated carbocycles. The van der Waals surface area contributed by atoms with Crippen LogP contribution in [0.5, 0.6) is 0 Å². The number of aliphatic imine (C=N–C) groups is 1. The Hall–Kier alpha value is -0.500. The van der Waals surface area contributed by atoms with Crippen LogP contribution >= 0.6 is 11.8 Å². The molecule has 166 valence electrons. The van der Waals surface area contributed by atoms with E-state index >= 15 is 0 Å². The first kappa shape index (κ1) is 37.3. The van der Waals surface area contributed by atoms with E-state index in [1.807, 2.05) is 60.4 Å². The third kappa shape index (κ3) is 30.5. The molecular weight excluding hydrogens is 346 g/mol. The summed E-state index contributed by atoms with van der Waals surface area (Å²) in [5.41, 5.74) is 3.94. The van der Waals surface area contributed by atoms with Gasteiger partial charge in [-0.3, -0.25) is 4.99 Å². The molecule has 0 radical (unpaired) electrons. The van der Waals surface area contributed by atoms with Crippen LogP contribution in [0.2, 0.25) is 0 Å². The van der Waals surface area contributed by atoms with E-state index in [-0.39, 0.29) is 0 Å². The van der Waals surface area contributed by atoms with Crippen molar-refractivity contribution in [3.05, 3.63) is 23.3 Å². The molecular formula is C25H55NS. The predicted octanol–water partition coefficient (Wildman–Crippen LogP) is 9.78. The Kier molecular flexibility index (Phi) is 55.6. The first-order valence-electron chi connectivity index (χ1n) is 11.4. The molecule has 0 aliphatic rings. The summed E-state index contributed by atoms with van der Waals surface area (Å²) in [5, 5.41) is 0. The fraction of sp³-hybridized carbons (Fsp3) is 0.800. The molecule has 0 atom stereocenters. The van der Waals surface area contributed by atoms with Crippen molar-refractivity contribution in [3.63, 3.8) is 0 Å². The van der Waals surface area contributed by atoms with Gasteiger partial charge < -0.3 is 0 Å². The van der Waals surface area contributed by atoms with E-state index < -0.39 is 0 Å². The van der Waals surface area contributed by atoms with Gasteiger partial charge in [0.1, 0.15) is 0 Å². The van der Waals surface area contributed by atoms with Gasteiger partial charge in [0.05, 0.1) is 5.71 Å². The van der Waals surface area contributed by atoms with E-state index in [1.54, 1.807) is 0 Å². The van der Waals surface area contributed by atoms with E-state index in [0.29, 0.717) is 0 Å². The summed E-state index contributed by atoms with van der Waals surface area (Å²) in [6.45, 7) is 22.9. The zero-order valence-electron chi connectivity index (χ0n) is 21.5. The maximum absolute atomic E-state index is 4.49. The van der Waals surface area contributed by atoms with Crippen molar-refractivity contribution in [2.45, 2.75) is 115 Å². The second-order valence-electron chi connectivity index (χ2n) is 5.17. The lowest BCUT2D eigenvalue weighted by molar-refractivity contribution is 0.812. The lowest BCUT2D eigenvalue weighted by Gasteiger charge is -2.10. The lowest BCUT2D eigenvalue weighted by Crippen LogP contribution is -2.05. The molecule has 0 aromatic heterocycles. The van der Waals surface area contributed by atoms with Gasteiger partial charge in [-0.2, -0.15) is 11.8 Å². The second kappa shape index (κ2) is 40.3. The molecule has 0 aliphatic carbocycles. The lowest BCUT2D eigenvalue weighted by atomic mass is 9.99. The Bertz CT molecular complexity index is 314. The van der Waals surface area contributed by atoms with Crippen LogP contribution in [0.15, 0.2) is 28.3 Å². The number of hydrogen-bond donors (Lipinski definition) is 0. The summed E-state index contributed by atoms with van der Waals surface area (Å²) in [6.07, 6.45) is 14.0. The molecule has 0 amide bonds. The van der Waals surface area contributed by atoms with E-state index in [9.17, 15) is 0 Å². The van der Waals surface area contributed by atoms with Gasteiger partial charge in [-0.05, 0) is 49.3 Å². The van der Waals surface area contributed by atoms with Crippen molar-refractivity contribution in [2.75, 3.05) is 19.1 Å². The molecule has 0 saturated heterocycles. The Labute approximate surface area is 179 Å². The Morgan fingerprint density at radius 1 is 0.852 bits per heavy atom. The van der Waals surface area contributed by atoms with Gasteiger partial charge in [-0.1, -0.05) is 101 Å². The number of hydrogen-bond acceptors (Lipinski definition) is 2. The number of thioether (sulfide) groups is 1. The number of rotatable bonds is 9. The van der Waals surface area contributed by atoms with Crippen LogP contribution < -0.4 is 0 Å². The van der Waals surface area contributed by atoms with Crippen molar-refractivity contribution in [2.24, 2.45) is 4.99 Å². The molecule has 0 bridgehead atoms.